The van der Waals surface area contributed by atoms with Gasteiger partial charge >= 0.3 is 6.03 Å². The molecule has 5 rings (SSSR count). The summed E-state index contributed by atoms with van der Waals surface area (Å²) >= 11 is 0. The van der Waals surface area contributed by atoms with Crippen molar-refractivity contribution in [2.45, 2.75) is 12.3 Å². The molecule has 0 spiro atoms. The fourth-order valence-corrected chi connectivity index (χ4v) is 3.60. The van der Waals surface area contributed by atoms with Crippen LogP contribution < -0.4 is 10.2 Å². The van der Waals surface area contributed by atoms with E-state index in [4.69, 9.17) is 4.74 Å². The molecule has 2 aliphatic heterocycles. The number of hydrogen-bond acceptors (Lipinski definition) is 6. The van der Waals surface area contributed by atoms with Crippen molar-refractivity contribution in [1.29, 1.82) is 0 Å². The van der Waals surface area contributed by atoms with Gasteiger partial charge in [-0.1, -0.05) is 0 Å². The van der Waals surface area contributed by atoms with E-state index in [9.17, 15) is 13.6 Å². The molecule has 0 radical (unpaired) electrons. The van der Waals surface area contributed by atoms with E-state index >= 15 is 0 Å². The van der Waals surface area contributed by atoms with Crippen molar-refractivity contribution in [3.63, 3.8) is 0 Å². The predicted octanol–water partition coefficient (Wildman–Crippen LogP) is 2.97. The molecule has 11 heteroatoms. The van der Waals surface area contributed by atoms with E-state index in [1.165, 1.54) is 16.9 Å². The number of carbonyl (C=O) groups is 1. The van der Waals surface area contributed by atoms with Crippen LogP contribution in [0.25, 0.3) is 5.65 Å². The first-order valence-corrected chi connectivity index (χ1v) is 9.90. The second kappa shape index (κ2) is 8.00. The lowest BCUT2D eigenvalue weighted by atomic mass is 10.1. The molecule has 2 amide bonds. The number of ether oxygens (including phenoxy) is 1. The van der Waals surface area contributed by atoms with Gasteiger partial charge in [-0.2, -0.15) is 5.10 Å². The van der Waals surface area contributed by atoms with Gasteiger partial charge in [0.2, 0.25) is 0 Å². The van der Waals surface area contributed by atoms with Crippen LogP contribution in [-0.2, 0) is 4.74 Å². The van der Waals surface area contributed by atoms with Crippen molar-refractivity contribution in [2.75, 3.05) is 30.4 Å². The van der Waals surface area contributed by atoms with Crippen molar-refractivity contribution < 1.29 is 18.3 Å². The van der Waals surface area contributed by atoms with Gasteiger partial charge in [0.25, 0.3) is 0 Å². The van der Waals surface area contributed by atoms with Gasteiger partial charge in [-0.3, -0.25) is 4.99 Å². The number of anilines is 2. The number of amides is 2. The van der Waals surface area contributed by atoms with Crippen LogP contribution in [0.3, 0.4) is 0 Å². The van der Waals surface area contributed by atoms with Crippen LogP contribution in [0.5, 0.6) is 0 Å². The molecular weight excluding hydrogens is 420 g/mol. The summed E-state index contributed by atoms with van der Waals surface area (Å²) in [4.78, 5) is 24.6. The van der Waals surface area contributed by atoms with Crippen LogP contribution in [0.1, 0.15) is 11.7 Å². The summed E-state index contributed by atoms with van der Waals surface area (Å²) < 4.78 is 34.9. The Morgan fingerprint density at radius 2 is 2.09 bits per heavy atom. The highest BCUT2D eigenvalue weighted by Gasteiger charge is 2.31. The molecule has 0 bridgehead atoms. The third kappa shape index (κ3) is 3.56. The maximum absolute atomic E-state index is 14.4. The fourth-order valence-electron chi connectivity index (χ4n) is 3.60. The molecular formula is C21H19F2N7O2. The van der Waals surface area contributed by atoms with Crippen molar-refractivity contribution in [2.24, 2.45) is 4.99 Å². The Labute approximate surface area is 181 Å². The van der Waals surface area contributed by atoms with E-state index in [1.54, 1.807) is 41.4 Å². The van der Waals surface area contributed by atoms with Crippen molar-refractivity contribution in [3.8, 4) is 0 Å². The molecule has 1 N–H and O–H groups in total. The van der Waals surface area contributed by atoms with E-state index in [-0.39, 0.29) is 17.7 Å². The summed E-state index contributed by atoms with van der Waals surface area (Å²) in [6.45, 7) is 1.02. The normalized spacial score (nSPS) is 18.3. The topological polar surface area (TPSA) is 87.4 Å². The van der Waals surface area contributed by atoms with Crippen LogP contribution in [0.15, 0.2) is 53.9 Å². The molecule has 0 aliphatic carbocycles. The number of methoxy groups -OCH3 is 1. The lowest BCUT2D eigenvalue weighted by molar-refractivity contribution is -0.00465. The minimum atomic E-state index is -0.835. The highest BCUT2D eigenvalue weighted by atomic mass is 19.1. The first-order valence-electron chi connectivity index (χ1n) is 9.90. The molecule has 2 aromatic heterocycles. The van der Waals surface area contributed by atoms with Gasteiger partial charge < -0.3 is 19.9 Å². The minimum absolute atomic E-state index is 0.0426. The fraction of sp³-hybridized carbons (Fsp3) is 0.238. The Morgan fingerprint density at radius 3 is 2.91 bits per heavy atom. The van der Waals surface area contributed by atoms with Crippen molar-refractivity contribution in [3.05, 3.63) is 66.1 Å². The van der Waals surface area contributed by atoms with Crippen LogP contribution in [0, 0.1) is 11.6 Å². The molecule has 0 unspecified atom stereocenters. The van der Waals surface area contributed by atoms with Crippen LogP contribution in [0.2, 0.25) is 0 Å². The number of aromatic nitrogens is 3. The minimum Gasteiger partial charge on any atom is -0.378 e. The second-order valence-electron chi connectivity index (χ2n) is 7.39. The third-order valence-corrected chi connectivity index (χ3v) is 5.39. The zero-order chi connectivity index (χ0) is 22.2. The summed E-state index contributed by atoms with van der Waals surface area (Å²) in [6.07, 6.45) is 7.26. The number of carbonyl (C=O) groups excluding carboxylic acids is 1. The molecule has 1 saturated heterocycles. The average Bonchev–Trinajstić information content (AvgIpc) is 3.16. The highest BCUT2D eigenvalue weighted by molar-refractivity contribution is 5.93. The van der Waals surface area contributed by atoms with Crippen LogP contribution >= 0.6 is 0 Å². The second-order valence-corrected chi connectivity index (χ2v) is 7.39. The quantitative estimate of drug-likeness (QED) is 0.676. The van der Waals surface area contributed by atoms with Gasteiger partial charge in [-0.05, 0) is 30.3 Å². The lowest BCUT2D eigenvalue weighted by Crippen LogP contribution is -2.55. The lowest BCUT2D eigenvalue weighted by Gasteiger charge is -2.37. The van der Waals surface area contributed by atoms with E-state index in [0.29, 0.717) is 30.2 Å². The van der Waals surface area contributed by atoms with Crippen molar-refractivity contribution in [1.82, 2.24) is 19.5 Å². The van der Waals surface area contributed by atoms with Gasteiger partial charge in [0.05, 0.1) is 25.4 Å². The van der Waals surface area contributed by atoms with Crippen LogP contribution in [0.4, 0.5) is 25.1 Å². The number of urea groups is 1. The number of likely N-dealkylation sites (tertiary alicyclic amines) is 1. The molecule has 9 nitrogen and oxygen atoms in total. The van der Waals surface area contributed by atoms with E-state index in [2.05, 4.69) is 20.4 Å². The summed E-state index contributed by atoms with van der Waals surface area (Å²) in [5, 5.41) is 7.03. The van der Waals surface area contributed by atoms with Gasteiger partial charge in [0.1, 0.15) is 23.1 Å². The Bertz CT molecular complexity index is 1240. The molecule has 1 aromatic carbocycles. The summed E-state index contributed by atoms with van der Waals surface area (Å²) in [5.41, 5.74) is 0.913. The number of aliphatic imine (C=N–C) groups is 1. The monoisotopic (exact) mass is 439 g/mol. The van der Waals surface area contributed by atoms with Gasteiger partial charge in [-0.25, -0.2) is 23.1 Å². The van der Waals surface area contributed by atoms with Gasteiger partial charge in [0, 0.05) is 31.3 Å². The first kappa shape index (κ1) is 20.1. The Morgan fingerprint density at radius 1 is 1.25 bits per heavy atom. The Balaban J connectivity index is 1.44. The molecule has 32 heavy (non-hydrogen) atoms. The number of rotatable bonds is 4. The molecule has 2 aliphatic rings. The third-order valence-electron chi connectivity index (χ3n) is 5.39. The molecule has 1 atom stereocenters. The summed E-state index contributed by atoms with van der Waals surface area (Å²) in [7, 11) is 1.61. The molecule has 0 saturated carbocycles. The molecule has 4 heterocycles. The number of hydrogen-bond donors (Lipinski definition) is 1. The number of allylic oxidation sites excluding steroid dienone is 1. The smallest absolute Gasteiger partial charge is 0.322 e. The Kier molecular flexibility index (Phi) is 5.02. The SMILES string of the molecule is COC1CN(C(=O)Nc2cnn3ccc(N4C=CC=N[C@H]4c4cc(F)ccc4F)nc23)C1. The van der Waals surface area contributed by atoms with Crippen LogP contribution in [-0.4, -0.2) is 58.0 Å². The predicted molar refractivity (Wildman–Crippen MR) is 114 cm³/mol. The molecule has 164 valence electrons. The number of benzene rings is 1. The zero-order valence-electron chi connectivity index (χ0n) is 17.0. The number of nitrogens with one attached hydrogen (secondary N) is 1. The maximum Gasteiger partial charge on any atom is 0.322 e. The standard InChI is InChI=1S/C21H19F2N7O2/c1-32-14-11-28(12-14)21(31)26-17-10-25-30-8-5-18(27-20(17)30)29-7-2-6-24-19(29)15-9-13(22)3-4-16(15)23/h2-10,14,19H,11-12H2,1H3,(H,26,31)/t19-/m1/s1. The largest absolute Gasteiger partial charge is 0.378 e. The molecule has 3 aromatic rings. The van der Waals surface area contributed by atoms with E-state index in [0.717, 1.165) is 18.2 Å². The number of nitrogens with zero attached hydrogens (tertiary/aromatic N) is 6. The maximum atomic E-state index is 14.4. The summed E-state index contributed by atoms with van der Waals surface area (Å²) in [5.74, 6) is -0.702. The number of fused-ring (bicyclic) bond motifs is 1. The van der Waals surface area contributed by atoms with E-state index < -0.39 is 17.8 Å². The zero-order valence-corrected chi connectivity index (χ0v) is 17.0. The molecule has 1 fully saturated rings. The first-order chi connectivity index (χ1) is 15.5. The Hall–Kier alpha value is -3.86. The highest BCUT2D eigenvalue weighted by Crippen LogP contribution is 2.32. The van der Waals surface area contributed by atoms with Gasteiger partial charge in [-0.15, -0.1) is 0 Å². The summed E-state index contributed by atoms with van der Waals surface area (Å²) in [6, 6.07) is 4.65. The van der Waals surface area contributed by atoms with Gasteiger partial charge in [0.15, 0.2) is 11.8 Å². The van der Waals surface area contributed by atoms with E-state index in [1.807, 2.05) is 0 Å². The van der Waals surface area contributed by atoms with Crippen molar-refractivity contribution >= 4 is 29.4 Å². The average molecular weight is 439 g/mol. The number of halogens is 2.